The lowest BCUT2D eigenvalue weighted by Gasteiger charge is -2.64. The molecule has 37 heavy (non-hydrogen) atoms. The van der Waals surface area contributed by atoms with Crippen molar-refractivity contribution in [3.63, 3.8) is 0 Å². The second kappa shape index (κ2) is 9.49. The van der Waals surface area contributed by atoms with Crippen LogP contribution in [-0.2, 0) is 25.1 Å². The van der Waals surface area contributed by atoms with E-state index in [9.17, 15) is 9.59 Å². The first kappa shape index (κ1) is 28.3. The number of carbonyl (C=O) groups excluding carboxylic acids is 2. The molecule has 4 aliphatic rings. The molecule has 1 aromatic carbocycles. The van der Waals surface area contributed by atoms with E-state index < -0.39 is 30.4 Å². The van der Waals surface area contributed by atoms with Gasteiger partial charge in [0.2, 0.25) is 0 Å². The molecule has 0 aromatic heterocycles. The fourth-order valence-electron chi connectivity index (χ4n) is 6.15. The van der Waals surface area contributed by atoms with Gasteiger partial charge in [0.25, 0.3) is 0 Å². The van der Waals surface area contributed by atoms with Gasteiger partial charge in [0, 0.05) is 11.2 Å². The molecular formula is C28H41BO7S. The Morgan fingerprint density at radius 3 is 2.27 bits per heavy atom. The van der Waals surface area contributed by atoms with Gasteiger partial charge in [0.15, 0.2) is 5.75 Å². The third-order valence-corrected chi connectivity index (χ3v) is 8.77. The molecule has 1 aliphatic heterocycles. The molecule has 0 spiro atoms. The zero-order valence-corrected chi connectivity index (χ0v) is 24.7. The maximum Gasteiger partial charge on any atom is 0.514 e. The average molecular weight is 533 g/mol. The van der Waals surface area contributed by atoms with Crippen molar-refractivity contribution in [3.05, 3.63) is 23.3 Å². The summed E-state index contributed by atoms with van der Waals surface area (Å²) in [6, 6.07) is 3.71. The molecule has 2 bridgehead atoms. The Hall–Kier alpha value is -1.71. The number of carbonyl (C=O) groups is 2. The van der Waals surface area contributed by atoms with E-state index >= 15 is 0 Å². The van der Waals surface area contributed by atoms with Crippen LogP contribution in [0.15, 0.2) is 17.0 Å². The van der Waals surface area contributed by atoms with Gasteiger partial charge in [-0.2, -0.15) is 0 Å². The highest BCUT2D eigenvalue weighted by molar-refractivity contribution is 7.98. The van der Waals surface area contributed by atoms with E-state index in [4.69, 9.17) is 23.5 Å². The summed E-state index contributed by atoms with van der Waals surface area (Å²) in [5.74, 6) is 0.645. The Morgan fingerprint density at radius 1 is 1.05 bits per heavy atom. The number of hydrogen-bond acceptors (Lipinski definition) is 8. The quantitative estimate of drug-likeness (QED) is 0.184. The van der Waals surface area contributed by atoms with Crippen LogP contribution in [0.2, 0.25) is 0 Å². The molecule has 9 heteroatoms. The largest absolute Gasteiger partial charge is 0.514 e. The van der Waals surface area contributed by atoms with Crippen molar-refractivity contribution in [2.75, 3.05) is 6.26 Å². The molecule has 5 rings (SSSR count). The molecule has 4 atom stereocenters. The van der Waals surface area contributed by atoms with Gasteiger partial charge < -0.3 is 23.5 Å². The maximum absolute atomic E-state index is 13.4. The summed E-state index contributed by atoms with van der Waals surface area (Å²) in [4.78, 5) is 26.8. The topological polar surface area (TPSA) is 80.3 Å². The Labute approximate surface area is 225 Å². The molecule has 204 valence electrons. The summed E-state index contributed by atoms with van der Waals surface area (Å²) in [7, 11) is -0.516. The van der Waals surface area contributed by atoms with Crippen LogP contribution < -0.4 is 4.74 Å². The normalized spacial score (nSPS) is 28.3. The summed E-state index contributed by atoms with van der Waals surface area (Å²) in [6.07, 6.45) is 3.48. The van der Waals surface area contributed by atoms with Crippen molar-refractivity contribution in [1.29, 1.82) is 0 Å². The number of hydrogen-bond donors (Lipinski definition) is 0. The van der Waals surface area contributed by atoms with E-state index in [1.807, 2.05) is 18.4 Å². The van der Waals surface area contributed by atoms with Crippen molar-refractivity contribution >= 4 is 31.0 Å². The lowest BCUT2D eigenvalue weighted by molar-refractivity contribution is -0.199. The van der Waals surface area contributed by atoms with Gasteiger partial charge in [0.1, 0.15) is 16.8 Å². The average Bonchev–Trinajstić information content (AvgIpc) is 3.07. The van der Waals surface area contributed by atoms with Crippen molar-refractivity contribution in [3.8, 4) is 5.75 Å². The molecule has 7 nitrogen and oxygen atoms in total. The predicted octanol–water partition coefficient (Wildman–Crippen LogP) is 6.49. The lowest BCUT2D eigenvalue weighted by Crippen LogP contribution is -2.65. The van der Waals surface area contributed by atoms with Crippen LogP contribution in [-0.4, -0.2) is 48.4 Å². The van der Waals surface area contributed by atoms with Crippen LogP contribution in [0.25, 0.3) is 0 Å². The SMILES string of the molecule is CSc1ccc(CB2O[C@@H]3C[C@@H]4C[C@@H](C4(C)C)[C@]3(C)O2)c(OC(=O)OC(C)(C)C)c1C(=O)OC(C)(C)C. The molecule has 0 radical (unpaired) electrons. The van der Waals surface area contributed by atoms with Gasteiger partial charge in [-0.05, 0) is 96.4 Å². The molecule has 0 unspecified atom stereocenters. The van der Waals surface area contributed by atoms with Crippen molar-refractivity contribution < 1.29 is 33.1 Å². The number of esters is 1. The Bertz CT molecular complexity index is 1070. The van der Waals surface area contributed by atoms with Gasteiger partial charge in [0.05, 0.1) is 11.7 Å². The van der Waals surface area contributed by atoms with Crippen molar-refractivity contribution in [1.82, 2.24) is 0 Å². The zero-order chi connectivity index (χ0) is 27.6. The summed E-state index contributed by atoms with van der Waals surface area (Å²) in [5.41, 5.74) is -0.766. The minimum atomic E-state index is -0.881. The third-order valence-electron chi connectivity index (χ3n) is 7.99. The second-order valence-corrected chi connectivity index (χ2v) is 14.1. The van der Waals surface area contributed by atoms with Crippen LogP contribution >= 0.6 is 11.8 Å². The van der Waals surface area contributed by atoms with E-state index in [2.05, 4.69) is 20.8 Å². The number of benzene rings is 1. The predicted molar refractivity (Wildman–Crippen MR) is 144 cm³/mol. The zero-order valence-electron chi connectivity index (χ0n) is 23.9. The smallest absolute Gasteiger partial charge is 0.456 e. The Morgan fingerprint density at radius 2 is 1.70 bits per heavy atom. The maximum atomic E-state index is 13.4. The summed E-state index contributed by atoms with van der Waals surface area (Å²) in [5, 5.41) is 0. The standard InChI is InChI=1S/C28H41BO7S/c1-25(2,3)33-23(30)21-18(37-10)12-11-16(22(21)32-24(31)34-26(4,5)6)15-29-35-20-14-17-13-19(27(17,7)8)28(20,9)36-29/h11-12,17,19-20H,13-15H2,1-10H3/t17-,19-,20+,28-/m0/s1. The van der Waals surface area contributed by atoms with Crippen molar-refractivity contribution in [2.45, 2.75) is 109 Å². The number of ether oxygens (including phenoxy) is 3. The molecular weight excluding hydrogens is 491 g/mol. The van der Waals surface area contributed by atoms with E-state index in [-0.39, 0.29) is 28.4 Å². The fraction of sp³-hybridized carbons (Fsp3) is 0.714. The van der Waals surface area contributed by atoms with E-state index in [1.165, 1.54) is 11.8 Å². The number of rotatable bonds is 5. The summed E-state index contributed by atoms with van der Waals surface area (Å²) < 4.78 is 29.9. The minimum absolute atomic E-state index is 0.0281. The fourth-order valence-corrected chi connectivity index (χ4v) is 6.73. The van der Waals surface area contributed by atoms with Crippen molar-refractivity contribution in [2.24, 2.45) is 17.3 Å². The van der Waals surface area contributed by atoms with E-state index in [0.717, 1.165) is 12.8 Å². The van der Waals surface area contributed by atoms with Crippen LogP contribution in [0.3, 0.4) is 0 Å². The van der Waals surface area contributed by atoms with Crippen LogP contribution in [0.4, 0.5) is 4.79 Å². The first-order valence-corrected chi connectivity index (χ1v) is 14.3. The highest BCUT2D eigenvalue weighted by Gasteiger charge is 2.67. The molecule has 1 heterocycles. The van der Waals surface area contributed by atoms with Crippen LogP contribution in [0.1, 0.15) is 91.1 Å². The third kappa shape index (κ3) is 5.55. The van der Waals surface area contributed by atoms with Gasteiger partial charge in [-0.25, -0.2) is 9.59 Å². The van der Waals surface area contributed by atoms with Crippen LogP contribution in [0.5, 0.6) is 5.75 Å². The second-order valence-electron chi connectivity index (χ2n) is 13.3. The van der Waals surface area contributed by atoms with E-state index in [0.29, 0.717) is 28.6 Å². The molecule has 3 aliphatic carbocycles. The first-order chi connectivity index (χ1) is 16.9. The summed E-state index contributed by atoms with van der Waals surface area (Å²) in [6.45, 7) is 17.5. The number of thioether (sulfide) groups is 1. The lowest BCUT2D eigenvalue weighted by atomic mass is 9.43. The van der Waals surface area contributed by atoms with Crippen LogP contribution in [0, 0.1) is 17.3 Å². The molecule has 1 saturated heterocycles. The molecule has 1 aromatic rings. The molecule has 0 N–H and O–H groups in total. The monoisotopic (exact) mass is 532 g/mol. The van der Waals surface area contributed by atoms with Gasteiger partial charge in [-0.1, -0.05) is 19.9 Å². The van der Waals surface area contributed by atoms with Gasteiger partial charge in [-0.3, -0.25) is 0 Å². The first-order valence-electron chi connectivity index (χ1n) is 13.1. The summed E-state index contributed by atoms with van der Waals surface area (Å²) >= 11 is 1.38. The van der Waals surface area contributed by atoms with Gasteiger partial charge in [-0.15, -0.1) is 11.8 Å². The Kier molecular flexibility index (Phi) is 7.26. The highest BCUT2D eigenvalue weighted by atomic mass is 32.2. The Balaban J connectivity index is 1.67. The van der Waals surface area contributed by atoms with E-state index in [1.54, 1.807) is 41.5 Å². The molecule has 4 fully saturated rings. The molecule has 3 saturated carbocycles. The molecule has 0 amide bonds. The minimum Gasteiger partial charge on any atom is -0.456 e. The van der Waals surface area contributed by atoms with Gasteiger partial charge >= 0.3 is 19.2 Å². The highest BCUT2D eigenvalue weighted by Crippen LogP contribution is 2.65.